The Bertz CT molecular complexity index is 2230. The molecule has 9 rings (SSSR count). The highest BCUT2D eigenvalue weighted by Gasteiger charge is 3.03. The summed E-state index contributed by atoms with van der Waals surface area (Å²) >= 11 is 0. The van der Waals surface area contributed by atoms with Gasteiger partial charge in [-0.1, -0.05) is 0 Å². The van der Waals surface area contributed by atoms with Gasteiger partial charge in [0.2, 0.25) is 6.29 Å². The lowest BCUT2D eigenvalue weighted by atomic mass is 9.81. The van der Waals surface area contributed by atoms with Crippen molar-refractivity contribution in [1.29, 1.82) is 0 Å². The van der Waals surface area contributed by atoms with Gasteiger partial charge in [0.15, 0.2) is 35.7 Å². The van der Waals surface area contributed by atoms with Gasteiger partial charge in [-0.25, -0.2) is 0 Å². The Morgan fingerprint density at radius 2 is 1.67 bits per heavy atom. The summed E-state index contributed by atoms with van der Waals surface area (Å²) in [6, 6.07) is 1.75. The minimum absolute atomic E-state index is 0.00438. The number of ketones is 1. The van der Waals surface area contributed by atoms with E-state index in [1.54, 1.807) is 19.9 Å². The Morgan fingerprint density at radius 1 is 0.984 bits per heavy atom. The molecule has 1 saturated carbocycles. The van der Waals surface area contributed by atoms with E-state index in [0.717, 1.165) is 0 Å². The zero-order valence-corrected chi connectivity index (χ0v) is 37.4. The summed E-state index contributed by atoms with van der Waals surface area (Å²) in [4.78, 5) is 26.0. The van der Waals surface area contributed by atoms with E-state index in [2.05, 4.69) is 0 Å². The number of Topliss-reactive ketones (excluding diaryl/α,β-unsaturated/α-hetero) is 1. The molecule has 5 aliphatic heterocycles. The first-order valence-corrected chi connectivity index (χ1v) is 21.5. The molecule has 20 nitrogen and oxygen atoms in total. The summed E-state index contributed by atoms with van der Waals surface area (Å²) in [6.07, 6.45) is -13.7. The molecular formula is C44H58O20. The predicted octanol–water partition coefficient (Wildman–Crippen LogP) is 1.35. The molecule has 5 saturated heterocycles. The summed E-state index contributed by atoms with van der Waals surface area (Å²) in [6.45, 7) is 10.7. The third kappa shape index (κ3) is 6.05. The zero-order valence-electron chi connectivity index (χ0n) is 37.4. The van der Waals surface area contributed by atoms with Crippen LogP contribution in [0.1, 0.15) is 93.5 Å². The van der Waals surface area contributed by atoms with Gasteiger partial charge in [0.1, 0.15) is 40.7 Å². The van der Waals surface area contributed by atoms with E-state index >= 15 is 0 Å². The van der Waals surface area contributed by atoms with Crippen LogP contribution in [0.5, 0.6) is 17.2 Å². The minimum Gasteiger partial charge on any atom is -0.506 e. The number of fused-ring (bicyclic) bond motifs is 3. The standard InChI is InChI=1S/C44H58O20/c1-17-11-23-30(34(50)32-31(36(23)53-8)25(12-24(47)33(32)49)60-29-15-39(7,51)37(19(3)57-29)59-22(6)46)35(18(17)2)63-43(62-28-13-26(48)42(52,20(4)45)21(5)58-28)27-14-40(41(43)16-56-41)44(61-27,64-40)38(54-9)55-10/h11,19-21,24-29,37-38,45,47-48,50-52H,12-16H2,1-10H3/t19?,20-,21?,24+,25+,26?,27+,28?,29?,37?,39?,40?,41-,42?,43-,44?/m1/s1. The van der Waals surface area contributed by atoms with Crippen LogP contribution in [0, 0.1) is 13.8 Å². The van der Waals surface area contributed by atoms with Crippen LogP contribution >= 0.6 is 0 Å². The van der Waals surface area contributed by atoms with E-state index < -0.39 is 119 Å². The molecule has 7 aliphatic rings. The smallest absolute Gasteiger partial charge is 0.303 e. The van der Waals surface area contributed by atoms with Crippen LogP contribution in [0.2, 0.25) is 0 Å². The predicted molar refractivity (Wildman–Crippen MR) is 214 cm³/mol. The SMILES string of the molecule is COc1c2c(c(O)c3c(O[C@]4(OC5CC(O)C(O)([C@@H](C)O)C(C)O5)[C@@H]5CC6(OC6(C(OC)OC)O5)[C@]45CO5)c(C)c(C)cc13)C(=O)[C@@H](O)C[C@@H]2OC1CC(C)(O)C(OC(C)=O)C(C)O1. The van der Waals surface area contributed by atoms with Gasteiger partial charge in [-0.3, -0.25) is 9.59 Å². The van der Waals surface area contributed by atoms with Crippen molar-refractivity contribution in [3.8, 4) is 17.2 Å². The molecule has 20 heteroatoms. The van der Waals surface area contributed by atoms with Gasteiger partial charge in [-0.2, -0.15) is 0 Å². The molecule has 6 N–H and O–H groups in total. The number of hydrogen-bond acceptors (Lipinski definition) is 20. The number of phenolic OH excluding ortho intramolecular Hbond substituents is 1. The topological polar surface area (TPSA) is 273 Å². The normalized spacial score (nSPS) is 43.6. The van der Waals surface area contributed by atoms with E-state index in [1.807, 2.05) is 6.92 Å². The molecule has 64 heavy (non-hydrogen) atoms. The Hall–Kier alpha value is -3.32. The summed E-state index contributed by atoms with van der Waals surface area (Å²) in [5.41, 5.74) is -5.36. The van der Waals surface area contributed by atoms with E-state index in [4.69, 9.17) is 56.8 Å². The highest BCUT2D eigenvalue weighted by Crippen LogP contribution is 2.79. The molecule has 2 spiro atoms. The molecule has 2 aromatic rings. The van der Waals surface area contributed by atoms with Gasteiger partial charge in [0.05, 0.1) is 55.2 Å². The van der Waals surface area contributed by atoms with Gasteiger partial charge in [0, 0.05) is 57.8 Å². The Morgan fingerprint density at radius 3 is 2.25 bits per heavy atom. The van der Waals surface area contributed by atoms with E-state index in [1.165, 1.54) is 49.0 Å². The number of aliphatic hydroxyl groups excluding tert-OH is 3. The number of rotatable bonds is 12. The summed E-state index contributed by atoms with van der Waals surface area (Å²) < 4.78 is 74.9. The molecule has 2 aliphatic carbocycles. The number of epoxide rings is 2. The van der Waals surface area contributed by atoms with Crippen molar-refractivity contribution >= 4 is 22.5 Å². The quantitative estimate of drug-likeness (QED) is 0.0997. The molecule has 0 radical (unpaired) electrons. The lowest BCUT2D eigenvalue weighted by Crippen LogP contribution is -2.69. The van der Waals surface area contributed by atoms with Gasteiger partial charge < -0.3 is 87.5 Å². The number of aliphatic hydroxyl groups is 5. The van der Waals surface area contributed by atoms with Crippen molar-refractivity contribution in [1.82, 2.24) is 0 Å². The molecule has 354 valence electrons. The number of carbonyl (C=O) groups is 2. The zero-order chi connectivity index (χ0) is 46.4. The average molecular weight is 907 g/mol. The van der Waals surface area contributed by atoms with Crippen molar-refractivity contribution in [2.75, 3.05) is 27.9 Å². The van der Waals surface area contributed by atoms with Gasteiger partial charge in [0.25, 0.3) is 11.6 Å². The van der Waals surface area contributed by atoms with Gasteiger partial charge >= 0.3 is 5.97 Å². The molecular weight excluding hydrogens is 848 g/mol. The number of methoxy groups -OCH3 is 3. The fraction of sp³-hybridized carbons (Fsp3) is 0.727. The third-order valence-corrected chi connectivity index (χ3v) is 14.8. The number of aryl methyl sites for hydroxylation is 1. The fourth-order valence-electron chi connectivity index (χ4n) is 11.4. The number of hydrogen-bond donors (Lipinski definition) is 6. The Kier molecular flexibility index (Phi) is 10.8. The monoisotopic (exact) mass is 906 g/mol. The van der Waals surface area contributed by atoms with Crippen LogP contribution in [0.15, 0.2) is 6.07 Å². The number of phenols is 1. The Labute approximate surface area is 368 Å². The number of esters is 1. The molecule has 2 aromatic carbocycles. The van der Waals surface area contributed by atoms with Crippen LogP contribution in [0.25, 0.3) is 10.8 Å². The fourth-order valence-corrected chi connectivity index (χ4v) is 11.4. The molecule has 10 unspecified atom stereocenters. The first kappa shape index (κ1) is 45.8. The lowest BCUT2D eigenvalue weighted by Gasteiger charge is -2.49. The second kappa shape index (κ2) is 15.1. The second-order valence-corrected chi connectivity index (χ2v) is 18.6. The molecule has 0 aromatic heterocycles. The van der Waals surface area contributed by atoms with Crippen LogP contribution in [-0.4, -0.2) is 166 Å². The van der Waals surface area contributed by atoms with E-state index in [9.17, 15) is 40.2 Å². The highest BCUT2D eigenvalue weighted by atomic mass is 16.9. The van der Waals surface area contributed by atoms with Gasteiger partial charge in [-0.15, -0.1) is 0 Å². The van der Waals surface area contributed by atoms with Crippen molar-refractivity contribution in [2.24, 2.45) is 0 Å². The third-order valence-electron chi connectivity index (χ3n) is 14.8. The first-order chi connectivity index (χ1) is 30.0. The van der Waals surface area contributed by atoms with Gasteiger partial charge in [-0.05, 0) is 58.7 Å². The average Bonchev–Trinajstić information content (AvgIpc) is 4.11. The molecule has 6 fully saturated rings. The molecule has 16 atom stereocenters. The maximum Gasteiger partial charge on any atom is 0.303 e. The van der Waals surface area contributed by atoms with Crippen molar-refractivity contribution in [3.05, 3.63) is 28.3 Å². The molecule has 5 heterocycles. The van der Waals surface area contributed by atoms with E-state index in [0.29, 0.717) is 11.1 Å². The minimum atomic E-state index is -2.04. The number of aromatic hydroxyl groups is 1. The summed E-state index contributed by atoms with van der Waals surface area (Å²) in [5.74, 6) is -5.28. The highest BCUT2D eigenvalue weighted by molar-refractivity contribution is 6.13. The van der Waals surface area contributed by atoms with Crippen molar-refractivity contribution in [3.63, 3.8) is 0 Å². The maximum absolute atomic E-state index is 14.1. The Balaban J connectivity index is 1.16. The van der Waals surface area contributed by atoms with E-state index in [-0.39, 0.29) is 65.7 Å². The second-order valence-electron chi connectivity index (χ2n) is 18.6. The number of ether oxygens (including phenoxy) is 12. The molecule has 2 bridgehead atoms. The maximum atomic E-state index is 14.1. The summed E-state index contributed by atoms with van der Waals surface area (Å²) in [7, 11) is 4.27. The largest absolute Gasteiger partial charge is 0.506 e. The summed E-state index contributed by atoms with van der Waals surface area (Å²) in [5, 5.41) is 68.6. The van der Waals surface area contributed by atoms with Crippen LogP contribution in [0.3, 0.4) is 0 Å². The molecule has 0 amide bonds. The number of carbonyl (C=O) groups excluding carboxylic acids is 2. The van der Waals surface area contributed by atoms with Crippen molar-refractivity contribution < 1.29 is 97.1 Å². The van der Waals surface area contributed by atoms with Crippen LogP contribution in [-0.2, 0) is 52.2 Å². The number of benzene rings is 2. The van der Waals surface area contributed by atoms with Crippen LogP contribution < -0.4 is 9.47 Å². The lowest BCUT2D eigenvalue weighted by molar-refractivity contribution is -0.384. The van der Waals surface area contributed by atoms with Crippen LogP contribution in [0.4, 0.5) is 0 Å². The first-order valence-electron chi connectivity index (χ1n) is 21.5. The van der Waals surface area contributed by atoms with Crippen molar-refractivity contribution in [2.45, 2.75) is 176 Å².